The number of hydrogen-bond donors (Lipinski definition) is 1. The third-order valence-electron chi connectivity index (χ3n) is 3.70. The summed E-state index contributed by atoms with van der Waals surface area (Å²) in [5.41, 5.74) is 0.0374. The van der Waals surface area contributed by atoms with Crippen LogP contribution < -0.4 is 10.2 Å². The van der Waals surface area contributed by atoms with Crippen LogP contribution in [0.15, 0.2) is 0 Å². The van der Waals surface area contributed by atoms with Crippen molar-refractivity contribution in [1.82, 2.24) is 14.7 Å². The molecule has 0 aliphatic carbocycles. The van der Waals surface area contributed by atoms with Gasteiger partial charge >= 0.3 is 0 Å². The van der Waals surface area contributed by atoms with Crippen molar-refractivity contribution in [2.75, 3.05) is 24.5 Å². The predicted molar refractivity (Wildman–Crippen MR) is 86.8 cm³/mol. The Labute approximate surface area is 127 Å². The summed E-state index contributed by atoms with van der Waals surface area (Å²) in [7, 11) is 0. The number of hydrogen-bond acceptors (Lipinski definition) is 5. The maximum absolute atomic E-state index is 4.77. The van der Waals surface area contributed by atoms with E-state index in [1.54, 1.807) is 11.5 Å². The highest BCUT2D eigenvalue weighted by atomic mass is 32.1. The fourth-order valence-corrected chi connectivity index (χ4v) is 3.42. The zero-order valence-corrected chi connectivity index (χ0v) is 14.1. The summed E-state index contributed by atoms with van der Waals surface area (Å²) < 4.78 is 4.55. The minimum Gasteiger partial charge on any atom is -0.345 e. The Morgan fingerprint density at radius 1 is 1.35 bits per heavy atom. The highest BCUT2D eigenvalue weighted by Crippen LogP contribution is 2.26. The van der Waals surface area contributed by atoms with E-state index in [9.17, 15) is 0 Å². The molecule has 0 bridgehead atoms. The first-order valence-corrected chi connectivity index (χ1v) is 8.60. The van der Waals surface area contributed by atoms with Gasteiger partial charge in [-0.05, 0) is 25.8 Å². The van der Waals surface area contributed by atoms with Gasteiger partial charge in [0.15, 0.2) is 0 Å². The van der Waals surface area contributed by atoms with Crippen LogP contribution in [0.25, 0.3) is 0 Å². The first-order chi connectivity index (χ1) is 9.50. The van der Waals surface area contributed by atoms with E-state index in [2.05, 4.69) is 42.3 Å². The maximum Gasteiger partial charge on any atom is 0.205 e. The Kier molecular flexibility index (Phi) is 5.38. The standard InChI is InChI=1S/C15H28N4S/c1-5-10-19(11-12-8-6-7-9-16-12)14-17-13(18-20-14)15(2,3)4/h12,16H,5-11H2,1-4H3. The monoisotopic (exact) mass is 296 g/mol. The summed E-state index contributed by atoms with van der Waals surface area (Å²) in [4.78, 5) is 7.18. The lowest BCUT2D eigenvalue weighted by atomic mass is 9.96. The molecule has 1 aromatic rings. The molecule has 1 unspecified atom stereocenters. The summed E-state index contributed by atoms with van der Waals surface area (Å²) in [6.07, 6.45) is 5.10. The molecule has 0 saturated carbocycles. The Balaban J connectivity index is 2.05. The molecule has 20 heavy (non-hydrogen) atoms. The zero-order chi connectivity index (χ0) is 14.6. The molecule has 1 aromatic heterocycles. The molecule has 114 valence electrons. The Bertz CT molecular complexity index is 404. The Morgan fingerprint density at radius 3 is 2.70 bits per heavy atom. The maximum atomic E-state index is 4.77. The van der Waals surface area contributed by atoms with Gasteiger partial charge in [0.2, 0.25) is 5.13 Å². The van der Waals surface area contributed by atoms with Gasteiger partial charge in [0, 0.05) is 36.1 Å². The summed E-state index contributed by atoms with van der Waals surface area (Å²) >= 11 is 1.55. The first-order valence-electron chi connectivity index (χ1n) is 7.83. The van der Waals surface area contributed by atoms with Crippen LogP contribution in [0.5, 0.6) is 0 Å². The molecule has 1 N–H and O–H groups in total. The van der Waals surface area contributed by atoms with E-state index in [0.29, 0.717) is 6.04 Å². The number of nitrogens with zero attached hydrogens (tertiary/aromatic N) is 3. The quantitative estimate of drug-likeness (QED) is 0.906. The number of rotatable bonds is 5. The van der Waals surface area contributed by atoms with Gasteiger partial charge in [0.25, 0.3) is 0 Å². The first kappa shape index (κ1) is 15.7. The molecule has 0 aromatic carbocycles. The second kappa shape index (κ2) is 6.85. The smallest absolute Gasteiger partial charge is 0.205 e. The van der Waals surface area contributed by atoms with Crippen LogP contribution in [0, 0.1) is 0 Å². The Hall–Kier alpha value is -0.680. The normalized spacial score (nSPS) is 20.1. The van der Waals surface area contributed by atoms with Gasteiger partial charge < -0.3 is 10.2 Å². The van der Waals surface area contributed by atoms with Gasteiger partial charge in [0.05, 0.1) is 0 Å². The molecule has 1 atom stereocenters. The summed E-state index contributed by atoms with van der Waals surface area (Å²) in [5, 5.41) is 4.72. The number of aromatic nitrogens is 2. The highest BCUT2D eigenvalue weighted by Gasteiger charge is 2.23. The van der Waals surface area contributed by atoms with Crippen molar-refractivity contribution in [1.29, 1.82) is 0 Å². The molecule has 1 aliphatic rings. The van der Waals surface area contributed by atoms with Crippen molar-refractivity contribution in [3.8, 4) is 0 Å². The molecule has 5 heteroatoms. The lowest BCUT2D eigenvalue weighted by Gasteiger charge is -2.30. The van der Waals surface area contributed by atoms with Gasteiger partial charge in [-0.25, -0.2) is 4.98 Å². The van der Waals surface area contributed by atoms with E-state index in [1.165, 1.54) is 19.3 Å². The molecular formula is C15H28N4S. The van der Waals surface area contributed by atoms with Crippen LogP contribution in [0.2, 0.25) is 0 Å². The molecule has 0 radical (unpaired) electrons. The summed E-state index contributed by atoms with van der Waals surface area (Å²) in [6.45, 7) is 12.0. The third kappa shape index (κ3) is 4.16. The van der Waals surface area contributed by atoms with Crippen LogP contribution in [0.4, 0.5) is 5.13 Å². The van der Waals surface area contributed by atoms with Gasteiger partial charge in [-0.1, -0.05) is 34.1 Å². The minimum absolute atomic E-state index is 0.0374. The van der Waals surface area contributed by atoms with Crippen LogP contribution in [-0.2, 0) is 5.41 Å². The lowest BCUT2D eigenvalue weighted by molar-refractivity contribution is 0.398. The molecule has 2 rings (SSSR count). The number of piperidine rings is 1. The van der Waals surface area contributed by atoms with E-state index in [1.807, 2.05) is 0 Å². The molecule has 0 amide bonds. The van der Waals surface area contributed by atoms with E-state index >= 15 is 0 Å². The van der Waals surface area contributed by atoms with Crippen molar-refractivity contribution in [3.05, 3.63) is 5.82 Å². The fraction of sp³-hybridized carbons (Fsp3) is 0.867. The van der Waals surface area contributed by atoms with Gasteiger partial charge in [-0.2, -0.15) is 4.37 Å². The van der Waals surface area contributed by atoms with Crippen molar-refractivity contribution in [3.63, 3.8) is 0 Å². The average Bonchev–Trinajstić information content (AvgIpc) is 2.89. The second-order valence-electron chi connectivity index (χ2n) is 6.74. The van der Waals surface area contributed by atoms with Gasteiger partial charge in [0.1, 0.15) is 5.82 Å². The summed E-state index contributed by atoms with van der Waals surface area (Å²) in [5.74, 6) is 0.968. The SMILES string of the molecule is CCCN(CC1CCCCN1)c1nc(C(C)(C)C)ns1. The predicted octanol–water partition coefficient (Wildman–Crippen LogP) is 3.19. The zero-order valence-electron chi connectivity index (χ0n) is 13.3. The number of anilines is 1. The lowest BCUT2D eigenvalue weighted by Crippen LogP contribution is -2.44. The van der Waals surface area contributed by atoms with Crippen LogP contribution in [0.1, 0.15) is 59.2 Å². The minimum atomic E-state index is 0.0374. The van der Waals surface area contributed by atoms with Gasteiger partial charge in [-0.3, -0.25) is 0 Å². The largest absolute Gasteiger partial charge is 0.345 e. The number of nitrogens with one attached hydrogen (secondary N) is 1. The highest BCUT2D eigenvalue weighted by molar-refractivity contribution is 7.09. The second-order valence-corrected chi connectivity index (χ2v) is 7.47. The van der Waals surface area contributed by atoms with Crippen molar-refractivity contribution >= 4 is 16.7 Å². The van der Waals surface area contributed by atoms with Crippen LogP contribution in [-0.4, -0.2) is 35.0 Å². The molecule has 1 fully saturated rings. The average molecular weight is 296 g/mol. The van der Waals surface area contributed by atoms with Crippen molar-refractivity contribution in [2.24, 2.45) is 0 Å². The van der Waals surface area contributed by atoms with Crippen LogP contribution >= 0.6 is 11.5 Å². The molecule has 4 nitrogen and oxygen atoms in total. The van der Waals surface area contributed by atoms with E-state index in [0.717, 1.165) is 37.0 Å². The van der Waals surface area contributed by atoms with E-state index < -0.39 is 0 Å². The molecule has 1 aliphatic heterocycles. The topological polar surface area (TPSA) is 41.0 Å². The Morgan fingerprint density at radius 2 is 2.15 bits per heavy atom. The van der Waals surface area contributed by atoms with Gasteiger partial charge in [-0.15, -0.1) is 0 Å². The molecule has 0 spiro atoms. The molecule has 1 saturated heterocycles. The summed E-state index contributed by atoms with van der Waals surface area (Å²) in [6, 6.07) is 0.609. The van der Waals surface area contributed by atoms with E-state index in [-0.39, 0.29) is 5.41 Å². The third-order valence-corrected chi connectivity index (χ3v) is 4.48. The van der Waals surface area contributed by atoms with Crippen molar-refractivity contribution < 1.29 is 0 Å². The molecule has 2 heterocycles. The van der Waals surface area contributed by atoms with E-state index in [4.69, 9.17) is 4.98 Å². The fourth-order valence-electron chi connectivity index (χ4n) is 2.53. The van der Waals surface area contributed by atoms with Crippen LogP contribution in [0.3, 0.4) is 0 Å². The van der Waals surface area contributed by atoms with Crippen molar-refractivity contribution in [2.45, 2.75) is 64.8 Å². The molecular weight excluding hydrogens is 268 g/mol.